The van der Waals surface area contributed by atoms with E-state index >= 15 is 0 Å². The monoisotopic (exact) mass is 266 g/mol. The van der Waals surface area contributed by atoms with E-state index in [-0.39, 0.29) is 11.4 Å². The van der Waals surface area contributed by atoms with Gasteiger partial charge in [-0.3, -0.25) is 0 Å². The van der Waals surface area contributed by atoms with Crippen LogP contribution < -0.4 is 0 Å². The summed E-state index contributed by atoms with van der Waals surface area (Å²) in [5, 5.41) is 12.4. The number of rotatable bonds is 3. The highest BCUT2D eigenvalue weighted by molar-refractivity contribution is 7.98. The molecule has 0 aliphatic heterocycles. The summed E-state index contributed by atoms with van der Waals surface area (Å²) >= 11 is 1.50. The zero-order valence-electron chi connectivity index (χ0n) is 10.6. The quantitative estimate of drug-likeness (QED) is 0.801. The van der Waals surface area contributed by atoms with Crippen LogP contribution in [0.25, 0.3) is 0 Å². The maximum absolute atomic E-state index is 13.0. The van der Waals surface area contributed by atoms with Crippen molar-refractivity contribution in [3.05, 3.63) is 35.6 Å². The number of thioether (sulfide) groups is 1. The maximum Gasteiger partial charge on any atom is 0.210 e. The fourth-order valence-electron chi connectivity index (χ4n) is 1.46. The lowest BCUT2D eigenvalue weighted by Gasteiger charge is -2.19. The minimum atomic E-state index is -0.219. The molecular formula is C12H15FN4S. The Morgan fingerprint density at radius 2 is 2.11 bits per heavy atom. The van der Waals surface area contributed by atoms with E-state index in [0.29, 0.717) is 5.75 Å². The third-order valence-corrected chi connectivity index (χ3v) is 3.32. The van der Waals surface area contributed by atoms with E-state index in [1.807, 2.05) is 26.8 Å². The molecule has 0 saturated heterocycles. The van der Waals surface area contributed by atoms with Crippen LogP contribution in [0.4, 0.5) is 4.39 Å². The second kappa shape index (κ2) is 5.06. The number of aromatic nitrogens is 4. The second-order valence-electron chi connectivity index (χ2n) is 4.96. The van der Waals surface area contributed by atoms with Crippen molar-refractivity contribution in [2.45, 2.75) is 37.2 Å². The summed E-state index contributed by atoms with van der Waals surface area (Å²) in [5.74, 6) is 0.428. The number of nitrogens with zero attached hydrogens (tertiary/aromatic N) is 4. The van der Waals surface area contributed by atoms with Crippen molar-refractivity contribution < 1.29 is 4.39 Å². The van der Waals surface area contributed by atoms with E-state index in [4.69, 9.17) is 0 Å². The van der Waals surface area contributed by atoms with Crippen LogP contribution in [0, 0.1) is 5.82 Å². The SMILES string of the molecule is CC(C)(C)n1nnnc1SCc1cccc(F)c1. The van der Waals surface area contributed by atoms with Crippen molar-refractivity contribution in [2.24, 2.45) is 0 Å². The topological polar surface area (TPSA) is 43.6 Å². The summed E-state index contributed by atoms with van der Waals surface area (Å²) in [5.41, 5.74) is 0.761. The van der Waals surface area contributed by atoms with Gasteiger partial charge in [-0.1, -0.05) is 23.9 Å². The Labute approximate surface area is 110 Å². The molecule has 4 nitrogen and oxygen atoms in total. The van der Waals surface area contributed by atoms with Gasteiger partial charge in [0.05, 0.1) is 5.54 Å². The lowest BCUT2D eigenvalue weighted by atomic mass is 10.1. The lowest BCUT2D eigenvalue weighted by molar-refractivity contribution is 0.321. The summed E-state index contributed by atoms with van der Waals surface area (Å²) in [6.07, 6.45) is 0. The standard InChI is InChI=1S/C12H15FN4S/c1-12(2,3)17-11(14-15-16-17)18-8-9-5-4-6-10(13)7-9/h4-7H,8H2,1-3H3. The number of benzene rings is 1. The summed E-state index contributed by atoms with van der Waals surface area (Å²) in [6.45, 7) is 6.11. The number of tetrazole rings is 1. The molecule has 0 saturated carbocycles. The first-order valence-electron chi connectivity index (χ1n) is 5.63. The third kappa shape index (κ3) is 3.07. The molecule has 0 radical (unpaired) electrons. The molecule has 6 heteroatoms. The molecule has 1 aromatic heterocycles. The van der Waals surface area contributed by atoms with Crippen LogP contribution in [0.5, 0.6) is 0 Å². The molecule has 0 atom stereocenters. The number of hydrogen-bond acceptors (Lipinski definition) is 4. The van der Waals surface area contributed by atoms with Crippen LogP contribution in [0.3, 0.4) is 0 Å². The zero-order chi connectivity index (χ0) is 13.2. The Balaban J connectivity index is 2.09. The van der Waals surface area contributed by atoms with Crippen molar-refractivity contribution in [3.8, 4) is 0 Å². The third-order valence-electron chi connectivity index (χ3n) is 2.33. The Kier molecular flexibility index (Phi) is 3.65. The molecule has 0 amide bonds. The van der Waals surface area contributed by atoms with E-state index in [1.165, 1.54) is 23.9 Å². The van der Waals surface area contributed by atoms with Gasteiger partial charge in [-0.25, -0.2) is 9.07 Å². The molecule has 0 aliphatic carbocycles. The van der Waals surface area contributed by atoms with Gasteiger partial charge in [0.1, 0.15) is 5.82 Å². The molecular weight excluding hydrogens is 251 g/mol. The highest BCUT2D eigenvalue weighted by Crippen LogP contribution is 2.24. The first-order chi connectivity index (χ1) is 8.47. The molecule has 0 bridgehead atoms. The highest BCUT2D eigenvalue weighted by Gasteiger charge is 2.19. The van der Waals surface area contributed by atoms with Crippen molar-refractivity contribution in [1.82, 2.24) is 20.2 Å². The predicted molar refractivity (Wildman–Crippen MR) is 68.8 cm³/mol. The molecule has 1 aromatic carbocycles. The van der Waals surface area contributed by atoms with Gasteiger partial charge >= 0.3 is 0 Å². The molecule has 1 heterocycles. The van der Waals surface area contributed by atoms with Gasteiger partial charge < -0.3 is 0 Å². The molecule has 0 spiro atoms. The van der Waals surface area contributed by atoms with Gasteiger partial charge in [-0.05, 0) is 48.9 Å². The van der Waals surface area contributed by atoms with Crippen LogP contribution in [0.1, 0.15) is 26.3 Å². The number of halogens is 1. The minimum absolute atomic E-state index is 0.159. The zero-order valence-corrected chi connectivity index (χ0v) is 11.4. The Morgan fingerprint density at radius 1 is 1.33 bits per heavy atom. The minimum Gasteiger partial charge on any atom is -0.215 e. The van der Waals surface area contributed by atoms with Crippen molar-refractivity contribution in [1.29, 1.82) is 0 Å². The normalized spacial score (nSPS) is 11.8. The second-order valence-corrected chi connectivity index (χ2v) is 5.91. The average Bonchev–Trinajstić information content (AvgIpc) is 2.74. The molecule has 0 N–H and O–H groups in total. The van der Waals surface area contributed by atoms with Gasteiger partial charge in [-0.15, -0.1) is 5.10 Å². The first kappa shape index (κ1) is 13.0. The van der Waals surface area contributed by atoms with Crippen LogP contribution >= 0.6 is 11.8 Å². The van der Waals surface area contributed by atoms with Crippen LogP contribution in [-0.2, 0) is 11.3 Å². The van der Waals surface area contributed by atoms with Crippen LogP contribution in [-0.4, -0.2) is 20.2 Å². The van der Waals surface area contributed by atoms with Gasteiger partial charge in [0, 0.05) is 5.75 Å². The van der Waals surface area contributed by atoms with Crippen molar-refractivity contribution in [3.63, 3.8) is 0 Å². The van der Waals surface area contributed by atoms with Gasteiger partial charge in [0.25, 0.3) is 0 Å². The van der Waals surface area contributed by atoms with E-state index < -0.39 is 0 Å². The van der Waals surface area contributed by atoms with Crippen LogP contribution in [0.15, 0.2) is 29.4 Å². The maximum atomic E-state index is 13.0. The average molecular weight is 266 g/mol. The molecule has 96 valence electrons. The largest absolute Gasteiger partial charge is 0.215 e. The predicted octanol–water partition coefficient (Wildman–Crippen LogP) is 2.86. The van der Waals surface area contributed by atoms with Gasteiger partial charge in [-0.2, -0.15) is 0 Å². The summed E-state index contributed by atoms with van der Waals surface area (Å²) in [7, 11) is 0. The fourth-order valence-corrected chi connectivity index (χ4v) is 2.47. The summed E-state index contributed by atoms with van der Waals surface area (Å²) < 4.78 is 14.8. The summed E-state index contributed by atoms with van der Waals surface area (Å²) in [6, 6.07) is 6.56. The van der Waals surface area contributed by atoms with Gasteiger partial charge in [0.15, 0.2) is 0 Å². The van der Waals surface area contributed by atoms with E-state index in [1.54, 1.807) is 10.7 Å². The number of hydrogen-bond donors (Lipinski definition) is 0. The van der Waals surface area contributed by atoms with E-state index in [0.717, 1.165) is 10.7 Å². The smallest absolute Gasteiger partial charge is 0.210 e. The first-order valence-corrected chi connectivity index (χ1v) is 6.61. The van der Waals surface area contributed by atoms with Gasteiger partial charge in [0.2, 0.25) is 5.16 Å². The Hall–Kier alpha value is -1.43. The van der Waals surface area contributed by atoms with Crippen molar-refractivity contribution in [2.75, 3.05) is 0 Å². The Bertz CT molecular complexity index is 533. The van der Waals surface area contributed by atoms with E-state index in [2.05, 4.69) is 15.5 Å². The Morgan fingerprint density at radius 3 is 2.78 bits per heavy atom. The van der Waals surface area contributed by atoms with Crippen molar-refractivity contribution >= 4 is 11.8 Å². The fraction of sp³-hybridized carbons (Fsp3) is 0.417. The molecule has 0 aliphatic rings. The van der Waals surface area contributed by atoms with Crippen LogP contribution in [0.2, 0.25) is 0 Å². The molecule has 18 heavy (non-hydrogen) atoms. The molecule has 0 unspecified atom stereocenters. The lowest BCUT2D eigenvalue weighted by Crippen LogP contribution is -2.24. The van der Waals surface area contributed by atoms with E-state index in [9.17, 15) is 4.39 Å². The molecule has 0 fully saturated rings. The molecule has 2 aromatic rings. The summed E-state index contributed by atoms with van der Waals surface area (Å²) in [4.78, 5) is 0. The molecule has 2 rings (SSSR count). The highest BCUT2D eigenvalue weighted by atomic mass is 32.2.